The Hall–Kier alpha value is -2.27. The van der Waals surface area contributed by atoms with Crippen molar-refractivity contribution in [2.24, 2.45) is 11.1 Å². The fourth-order valence-electron chi connectivity index (χ4n) is 2.80. The van der Waals surface area contributed by atoms with Gasteiger partial charge in [0.25, 0.3) is 0 Å². The first-order valence-electron chi connectivity index (χ1n) is 6.30. The lowest BCUT2D eigenvalue weighted by Crippen LogP contribution is -2.40. The molecule has 1 unspecified atom stereocenters. The Bertz CT molecular complexity index is 574. The van der Waals surface area contributed by atoms with Gasteiger partial charge in [0, 0.05) is 6.42 Å². The molecule has 0 saturated heterocycles. The summed E-state index contributed by atoms with van der Waals surface area (Å²) in [5.41, 5.74) is 6.72. The molecule has 0 spiro atoms. The van der Waals surface area contributed by atoms with Crippen LogP contribution in [0, 0.1) is 28.1 Å². The van der Waals surface area contributed by atoms with Crippen molar-refractivity contribution in [1.82, 2.24) is 0 Å². The zero-order valence-corrected chi connectivity index (χ0v) is 10.8. The van der Waals surface area contributed by atoms with Crippen LogP contribution in [0.1, 0.15) is 32.6 Å². The predicted octanol–water partition coefficient (Wildman–Crippen LogP) is 1.68. The molecule has 0 aromatic heterocycles. The molecule has 0 saturated carbocycles. The van der Waals surface area contributed by atoms with Crippen LogP contribution in [0.4, 0.5) is 0 Å². The Kier molecular flexibility index (Phi) is 3.31. The molecular weight excluding hydrogens is 242 g/mol. The fraction of sp³-hybridized carbons (Fsp3) is 0.500. The zero-order valence-electron chi connectivity index (χ0n) is 10.8. The molecule has 2 N–H and O–H groups in total. The van der Waals surface area contributed by atoms with E-state index in [2.05, 4.69) is 0 Å². The Balaban J connectivity index is 2.55. The van der Waals surface area contributed by atoms with E-state index < -0.39 is 11.4 Å². The molecule has 0 bridgehead atoms. The van der Waals surface area contributed by atoms with Crippen LogP contribution in [-0.4, -0.2) is 12.6 Å². The minimum Gasteiger partial charge on any atom is -0.464 e. The molecule has 0 aliphatic heterocycles. The van der Waals surface area contributed by atoms with Crippen LogP contribution in [-0.2, 0) is 9.53 Å². The normalized spacial score (nSPS) is 25.6. The molecule has 2 aliphatic carbocycles. The van der Waals surface area contributed by atoms with E-state index in [0.29, 0.717) is 5.57 Å². The summed E-state index contributed by atoms with van der Waals surface area (Å²) in [7, 11) is 0. The van der Waals surface area contributed by atoms with Gasteiger partial charge in [0.2, 0.25) is 0 Å². The van der Waals surface area contributed by atoms with Gasteiger partial charge in [-0.3, -0.25) is 0 Å². The maximum Gasteiger partial charge on any atom is 0.332 e. The summed E-state index contributed by atoms with van der Waals surface area (Å²) in [6.45, 7) is 1.86. The van der Waals surface area contributed by atoms with Gasteiger partial charge in [-0.15, -0.1) is 0 Å². The van der Waals surface area contributed by atoms with Crippen molar-refractivity contribution < 1.29 is 9.53 Å². The summed E-state index contributed by atoms with van der Waals surface area (Å²) < 4.78 is 4.98. The van der Waals surface area contributed by atoms with Gasteiger partial charge in [-0.2, -0.15) is 10.5 Å². The Morgan fingerprint density at radius 2 is 2.21 bits per heavy atom. The van der Waals surface area contributed by atoms with E-state index in [1.54, 1.807) is 6.92 Å². The minimum atomic E-state index is -1.52. The van der Waals surface area contributed by atoms with Crippen LogP contribution >= 0.6 is 0 Å². The van der Waals surface area contributed by atoms with Crippen LogP contribution in [0.2, 0.25) is 0 Å². The predicted molar refractivity (Wildman–Crippen MR) is 67.0 cm³/mol. The number of hydrogen-bond acceptors (Lipinski definition) is 5. The first-order valence-corrected chi connectivity index (χ1v) is 6.30. The molecule has 5 nitrogen and oxygen atoms in total. The number of carbonyl (C=O) groups excluding carboxylic acids is 1. The van der Waals surface area contributed by atoms with Gasteiger partial charge in [0.1, 0.15) is 6.07 Å². The van der Waals surface area contributed by atoms with Crippen LogP contribution in [0.25, 0.3) is 0 Å². The van der Waals surface area contributed by atoms with Gasteiger partial charge in [0.05, 0.1) is 23.9 Å². The Morgan fingerprint density at radius 3 is 2.79 bits per heavy atom. The van der Waals surface area contributed by atoms with Crippen molar-refractivity contribution in [3.63, 3.8) is 0 Å². The second-order valence-electron chi connectivity index (χ2n) is 4.75. The van der Waals surface area contributed by atoms with Crippen molar-refractivity contribution in [2.45, 2.75) is 32.6 Å². The zero-order chi connectivity index (χ0) is 14.0. The molecule has 0 heterocycles. The monoisotopic (exact) mass is 257 g/mol. The molecular formula is C14H15N3O2. The van der Waals surface area contributed by atoms with Gasteiger partial charge in [0.15, 0.2) is 5.41 Å². The molecule has 2 aliphatic rings. The molecule has 2 rings (SSSR count). The molecule has 19 heavy (non-hydrogen) atoms. The van der Waals surface area contributed by atoms with Crippen molar-refractivity contribution in [2.75, 3.05) is 6.61 Å². The summed E-state index contributed by atoms with van der Waals surface area (Å²) in [5, 5.41) is 18.7. The summed E-state index contributed by atoms with van der Waals surface area (Å²) in [6.07, 6.45) is 2.81. The highest BCUT2D eigenvalue weighted by molar-refractivity contribution is 5.86. The standard InChI is InChI=1S/C14H15N3O2/c1-2-19-13(18)14(8-16)6-9-4-3-5-10(9)11(7-15)12(14)17/h2-6,17H2,1H3. The summed E-state index contributed by atoms with van der Waals surface area (Å²) in [5.74, 6) is -0.652. The van der Waals surface area contributed by atoms with E-state index in [9.17, 15) is 15.3 Å². The average Bonchev–Trinajstić information content (AvgIpc) is 2.85. The number of nitrogens with zero attached hydrogens (tertiary/aromatic N) is 2. The molecule has 0 amide bonds. The van der Waals surface area contributed by atoms with E-state index in [-0.39, 0.29) is 18.7 Å². The second kappa shape index (κ2) is 4.78. The van der Waals surface area contributed by atoms with Crippen molar-refractivity contribution in [3.8, 4) is 12.1 Å². The number of rotatable bonds is 2. The van der Waals surface area contributed by atoms with E-state index >= 15 is 0 Å². The lowest BCUT2D eigenvalue weighted by Gasteiger charge is -2.30. The topological polar surface area (TPSA) is 99.9 Å². The SMILES string of the molecule is CCOC(=O)C1(C#N)CC2=C(CCC2)C(C#N)=C1N. The van der Waals surface area contributed by atoms with Crippen molar-refractivity contribution in [3.05, 3.63) is 22.4 Å². The maximum absolute atomic E-state index is 12.1. The number of hydrogen-bond donors (Lipinski definition) is 1. The average molecular weight is 257 g/mol. The van der Waals surface area contributed by atoms with Crippen LogP contribution in [0.3, 0.4) is 0 Å². The Morgan fingerprint density at radius 1 is 1.47 bits per heavy atom. The first kappa shape index (κ1) is 13.2. The molecule has 0 radical (unpaired) electrons. The van der Waals surface area contributed by atoms with E-state index in [1.807, 2.05) is 12.1 Å². The lowest BCUT2D eigenvalue weighted by atomic mass is 9.72. The van der Waals surface area contributed by atoms with E-state index in [1.165, 1.54) is 0 Å². The highest BCUT2D eigenvalue weighted by Crippen LogP contribution is 2.47. The number of ether oxygens (including phenoxy) is 1. The number of nitriles is 2. The number of nitrogens with two attached hydrogens (primary N) is 1. The maximum atomic E-state index is 12.1. The molecule has 1 atom stereocenters. The number of allylic oxidation sites excluding steroid dienone is 3. The van der Waals surface area contributed by atoms with Gasteiger partial charge in [-0.05, 0) is 31.8 Å². The van der Waals surface area contributed by atoms with Crippen LogP contribution < -0.4 is 5.73 Å². The summed E-state index contributed by atoms with van der Waals surface area (Å²) in [4.78, 5) is 12.1. The highest BCUT2D eigenvalue weighted by Gasteiger charge is 2.49. The summed E-state index contributed by atoms with van der Waals surface area (Å²) >= 11 is 0. The molecule has 0 aromatic rings. The minimum absolute atomic E-state index is 0.0524. The first-order chi connectivity index (χ1) is 9.10. The van der Waals surface area contributed by atoms with Crippen LogP contribution in [0.5, 0.6) is 0 Å². The second-order valence-corrected chi connectivity index (χ2v) is 4.75. The third-order valence-electron chi connectivity index (χ3n) is 3.77. The number of esters is 1. The van der Waals surface area contributed by atoms with Gasteiger partial charge < -0.3 is 10.5 Å². The molecule has 98 valence electrons. The highest BCUT2D eigenvalue weighted by atomic mass is 16.5. The van der Waals surface area contributed by atoms with E-state index in [0.717, 1.165) is 30.4 Å². The fourth-order valence-corrected chi connectivity index (χ4v) is 2.80. The number of carbonyl (C=O) groups is 1. The van der Waals surface area contributed by atoms with Gasteiger partial charge in [-0.25, -0.2) is 4.79 Å². The summed E-state index contributed by atoms with van der Waals surface area (Å²) in [6, 6.07) is 4.04. The largest absolute Gasteiger partial charge is 0.464 e. The quantitative estimate of drug-likeness (QED) is 0.758. The smallest absolute Gasteiger partial charge is 0.332 e. The van der Waals surface area contributed by atoms with Crippen LogP contribution in [0.15, 0.2) is 22.4 Å². The van der Waals surface area contributed by atoms with Crippen molar-refractivity contribution in [1.29, 1.82) is 10.5 Å². The molecule has 0 fully saturated rings. The van der Waals surface area contributed by atoms with Gasteiger partial charge >= 0.3 is 5.97 Å². The van der Waals surface area contributed by atoms with Crippen molar-refractivity contribution >= 4 is 5.97 Å². The molecule has 5 heteroatoms. The third-order valence-corrected chi connectivity index (χ3v) is 3.77. The van der Waals surface area contributed by atoms with Gasteiger partial charge in [-0.1, -0.05) is 5.57 Å². The Labute approximate surface area is 111 Å². The molecule has 0 aromatic carbocycles. The lowest BCUT2D eigenvalue weighted by molar-refractivity contribution is -0.150. The van der Waals surface area contributed by atoms with E-state index in [4.69, 9.17) is 10.5 Å². The third kappa shape index (κ3) is 1.79.